The molecule has 1 aromatic carbocycles. The van der Waals surface area contributed by atoms with E-state index in [1.54, 1.807) is 24.5 Å². The van der Waals surface area contributed by atoms with Crippen LogP contribution in [0, 0.1) is 0 Å². The number of fused-ring (bicyclic) bond motifs is 1. The second-order valence-electron chi connectivity index (χ2n) is 6.95. The third-order valence-electron chi connectivity index (χ3n) is 4.99. The topological polar surface area (TPSA) is 125 Å². The van der Waals surface area contributed by atoms with Crippen LogP contribution >= 0.6 is 0 Å². The van der Waals surface area contributed by atoms with Crippen molar-refractivity contribution in [3.63, 3.8) is 0 Å². The fraction of sp³-hybridized carbons (Fsp3) is 0.0870. The molecule has 0 unspecified atom stereocenters. The van der Waals surface area contributed by atoms with Crippen molar-refractivity contribution in [2.75, 3.05) is 12.8 Å². The number of benzene rings is 1. The van der Waals surface area contributed by atoms with Gasteiger partial charge in [0.15, 0.2) is 17.3 Å². The molecule has 0 saturated carbocycles. The van der Waals surface area contributed by atoms with E-state index in [1.165, 1.54) is 6.20 Å². The fourth-order valence-electron chi connectivity index (χ4n) is 3.39. The molecule has 0 aliphatic carbocycles. The molecule has 0 radical (unpaired) electrons. The van der Waals surface area contributed by atoms with Crippen LogP contribution in [0.3, 0.4) is 0 Å². The molecule has 9 heteroatoms. The van der Waals surface area contributed by atoms with Crippen LogP contribution in [0.2, 0.25) is 0 Å². The normalized spacial score (nSPS) is 11.5. The Labute approximate surface area is 184 Å². The first-order chi connectivity index (χ1) is 16.2. The molecule has 0 bridgehead atoms. The first-order valence-corrected chi connectivity index (χ1v) is 9.73. The van der Waals surface area contributed by atoms with E-state index < -0.39 is 0 Å². The molecule has 4 aromatic heterocycles. The molecule has 5 rings (SSSR count). The molecule has 5 aromatic rings. The number of pyridine rings is 2. The van der Waals surface area contributed by atoms with Gasteiger partial charge in [-0.2, -0.15) is 0 Å². The molecule has 0 saturated heterocycles. The minimum atomic E-state index is -0.173. The molecule has 0 atom stereocenters. The van der Waals surface area contributed by atoms with Crippen molar-refractivity contribution in [2.45, 2.75) is 6.61 Å². The number of hydrogen-bond acceptors (Lipinski definition) is 8. The highest BCUT2D eigenvalue weighted by atomic mass is 16.5. The highest BCUT2D eigenvalue weighted by molar-refractivity contribution is 5.83. The minimum Gasteiger partial charge on any atom is -0.495 e. The van der Waals surface area contributed by atoms with Gasteiger partial charge in [0.05, 0.1) is 32.6 Å². The Morgan fingerprint density at radius 2 is 1.78 bits per heavy atom. The summed E-state index contributed by atoms with van der Waals surface area (Å²) in [5.74, 6) is 1.28. The molecule has 0 aliphatic rings. The molecule has 0 spiro atoms. The molecule has 0 amide bonds. The number of nitrogens with two attached hydrogens (primary N) is 1. The van der Waals surface area contributed by atoms with Crippen molar-refractivity contribution in [1.29, 1.82) is 0 Å². The van der Waals surface area contributed by atoms with Crippen molar-refractivity contribution in [3.8, 4) is 34.3 Å². The maximum absolute atomic E-state index is 9.42. The van der Waals surface area contributed by atoms with E-state index >= 15 is 0 Å². The van der Waals surface area contributed by atoms with Gasteiger partial charge in [0.25, 0.3) is 0 Å². The quantitative estimate of drug-likeness (QED) is 0.439. The first-order valence-electron chi connectivity index (χ1n) is 10.4. The SMILES string of the molecule is [2H]COc1ccc(-c2ccc3nc(-c4nccnc4N)n(-c4ccc(CO)cc4)c3n2)nc1. The Balaban J connectivity index is 1.71. The third-order valence-corrected chi connectivity index (χ3v) is 4.99. The van der Waals surface area contributed by atoms with Gasteiger partial charge in [0.1, 0.15) is 17.0 Å². The van der Waals surface area contributed by atoms with Crippen LogP contribution in [0.25, 0.3) is 39.8 Å². The number of aliphatic hydroxyl groups excluding tert-OH is 1. The Bertz CT molecular complexity index is 1420. The smallest absolute Gasteiger partial charge is 0.169 e. The highest BCUT2D eigenvalue weighted by Crippen LogP contribution is 2.30. The zero-order valence-corrected chi connectivity index (χ0v) is 16.9. The molecule has 0 fully saturated rings. The van der Waals surface area contributed by atoms with Crippen molar-refractivity contribution in [3.05, 3.63) is 72.7 Å². The fourth-order valence-corrected chi connectivity index (χ4v) is 3.39. The molecule has 0 aliphatic heterocycles. The number of nitrogens with zero attached hydrogens (tertiary/aromatic N) is 6. The lowest BCUT2D eigenvalue weighted by atomic mass is 10.2. The monoisotopic (exact) mass is 426 g/mol. The Morgan fingerprint density at radius 1 is 0.969 bits per heavy atom. The molecular weight excluding hydrogens is 406 g/mol. The van der Waals surface area contributed by atoms with Gasteiger partial charge < -0.3 is 15.6 Å². The molecule has 9 nitrogen and oxygen atoms in total. The average molecular weight is 426 g/mol. The molecule has 158 valence electrons. The number of anilines is 1. The molecule has 3 N–H and O–H groups in total. The lowest BCUT2D eigenvalue weighted by Crippen LogP contribution is -2.04. The third kappa shape index (κ3) is 3.40. The van der Waals surface area contributed by atoms with Gasteiger partial charge in [0.2, 0.25) is 0 Å². The van der Waals surface area contributed by atoms with Crippen molar-refractivity contribution >= 4 is 17.0 Å². The maximum atomic E-state index is 9.42. The van der Waals surface area contributed by atoms with Crippen molar-refractivity contribution < 1.29 is 11.2 Å². The van der Waals surface area contributed by atoms with Crippen LogP contribution < -0.4 is 10.5 Å². The Morgan fingerprint density at radius 3 is 2.50 bits per heavy atom. The van der Waals surface area contributed by atoms with E-state index in [1.807, 2.05) is 41.0 Å². The number of aromatic nitrogens is 6. The van der Waals surface area contributed by atoms with Gasteiger partial charge in [-0.15, -0.1) is 0 Å². The summed E-state index contributed by atoms with van der Waals surface area (Å²) in [5, 5.41) is 9.42. The lowest BCUT2D eigenvalue weighted by molar-refractivity contribution is 0.282. The Kier molecular flexibility index (Phi) is 4.63. The van der Waals surface area contributed by atoms with Crippen LogP contribution in [0.5, 0.6) is 5.75 Å². The summed E-state index contributed by atoms with van der Waals surface area (Å²) in [7, 11) is -0.173. The summed E-state index contributed by atoms with van der Waals surface area (Å²) >= 11 is 0. The Hall–Kier alpha value is -4.37. The first kappa shape index (κ1) is 18.4. The van der Waals surface area contributed by atoms with Gasteiger partial charge in [-0.3, -0.25) is 9.55 Å². The van der Waals surface area contributed by atoms with E-state index in [0.717, 1.165) is 11.3 Å². The van der Waals surface area contributed by atoms with Gasteiger partial charge in [-0.25, -0.2) is 19.9 Å². The predicted molar refractivity (Wildman–Crippen MR) is 120 cm³/mol. The molecule has 4 heterocycles. The summed E-state index contributed by atoms with van der Waals surface area (Å²) in [6.07, 6.45) is 4.65. The zero-order valence-electron chi connectivity index (χ0n) is 17.9. The number of methoxy groups -OCH3 is 1. The highest BCUT2D eigenvalue weighted by Gasteiger charge is 2.20. The second-order valence-corrected chi connectivity index (χ2v) is 6.95. The maximum Gasteiger partial charge on any atom is 0.169 e. The van der Waals surface area contributed by atoms with Crippen molar-refractivity contribution in [1.82, 2.24) is 29.5 Å². The van der Waals surface area contributed by atoms with E-state index in [-0.39, 0.29) is 19.5 Å². The summed E-state index contributed by atoms with van der Waals surface area (Å²) in [6.45, 7) is -0.0527. The van der Waals surface area contributed by atoms with E-state index in [2.05, 4.69) is 15.0 Å². The number of nitrogen functional groups attached to an aromatic ring is 1. The van der Waals surface area contributed by atoms with Gasteiger partial charge >= 0.3 is 0 Å². The van der Waals surface area contributed by atoms with E-state index in [4.69, 9.17) is 21.8 Å². The number of ether oxygens (including phenoxy) is 1. The van der Waals surface area contributed by atoms with Crippen LogP contribution in [0.4, 0.5) is 5.82 Å². The zero-order chi connectivity index (χ0) is 22.8. The molecular formula is C23H19N7O2. The van der Waals surface area contributed by atoms with Gasteiger partial charge in [-0.1, -0.05) is 12.1 Å². The van der Waals surface area contributed by atoms with E-state index in [0.29, 0.717) is 39.8 Å². The standard InChI is InChI=1S/C23H19N7O2/c1-32-16-6-7-17(27-12-16)18-8-9-19-22(28-18)30(15-4-2-14(13-31)3-5-15)23(29-19)20-21(24)26-11-10-25-20/h2-12,31H,13H2,1H3,(H2,24,26)/i1D. The van der Waals surface area contributed by atoms with Crippen LogP contribution in [-0.4, -0.2) is 41.7 Å². The number of rotatable bonds is 5. The second kappa shape index (κ2) is 8.05. The number of hydrogen-bond donors (Lipinski definition) is 2. The largest absolute Gasteiger partial charge is 0.495 e. The number of imidazole rings is 1. The predicted octanol–water partition coefficient (Wildman–Crippen LogP) is 3.02. The van der Waals surface area contributed by atoms with Crippen LogP contribution in [0.15, 0.2) is 67.1 Å². The molecule has 32 heavy (non-hydrogen) atoms. The summed E-state index contributed by atoms with van der Waals surface area (Å²) < 4.78 is 14.2. The van der Waals surface area contributed by atoms with Gasteiger partial charge in [0, 0.05) is 18.1 Å². The van der Waals surface area contributed by atoms with E-state index in [9.17, 15) is 5.11 Å². The van der Waals surface area contributed by atoms with Crippen LogP contribution in [0.1, 0.15) is 6.93 Å². The summed E-state index contributed by atoms with van der Waals surface area (Å²) in [6, 6.07) is 14.7. The van der Waals surface area contributed by atoms with Crippen molar-refractivity contribution in [2.24, 2.45) is 0 Å². The average Bonchev–Trinajstić information content (AvgIpc) is 3.23. The summed E-state index contributed by atoms with van der Waals surface area (Å²) in [5.41, 5.74) is 10.7. The minimum absolute atomic E-state index is 0.0527. The summed E-state index contributed by atoms with van der Waals surface area (Å²) in [4.78, 5) is 22.5. The van der Waals surface area contributed by atoms with Gasteiger partial charge in [-0.05, 0) is 42.0 Å². The van der Waals surface area contributed by atoms with Crippen LogP contribution in [-0.2, 0) is 6.61 Å². The number of aliphatic hydroxyl groups is 1. The lowest BCUT2D eigenvalue weighted by Gasteiger charge is -2.10.